The van der Waals surface area contributed by atoms with Crippen LogP contribution in [-0.2, 0) is 0 Å². The van der Waals surface area contributed by atoms with E-state index in [9.17, 15) is 0 Å². The Hall–Kier alpha value is -7.18. The first-order chi connectivity index (χ1) is 26.8. The molecule has 5 heterocycles. The van der Waals surface area contributed by atoms with Crippen LogP contribution in [0.4, 0.5) is 0 Å². The zero-order chi connectivity index (χ0) is 35.1. The Kier molecular flexibility index (Phi) is 5.39. The molecule has 8 aromatic carbocycles. The van der Waals surface area contributed by atoms with Crippen molar-refractivity contribution in [2.75, 3.05) is 0 Å². The van der Waals surface area contributed by atoms with E-state index in [-0.39, 0.29) is 6.92 Å². The maximum absolute atomic E-state index is 7.05. The molecule has 2 aliphatic rings. The SMILES string of the molecule is c1ccc2c(c1)OB1c3ccc(-n4c5ccccc5c5ccccc54)cc3Oc3cc(-n4c5ccccc5c5c6oc7ccccc7c6ccc54)cc-2c31. The molecule has 11 aromatic rings. The largest absolute Gasteiger partial charge is 0.551 e. The van der Waals surface area contributed by atoms with Gasteiger partial charge in [-0.2, -0.15) is 0 Å². The van der Waals surface area contributed by atoms with E-state index < -0.39 is 0 Å². The molecule has 6 heteroatoms. The summed E-state index contributed by atoms with van der Waals surface area (Å²) in [5.41, 5.74) is 12.6. The fourth-order valence-corrected chi connectivity index (χ4v) is 9.32. The maximum atomic E-state index is 7.05. The van der Waals surface area contributed by atoms with Crippen molar-refractivity contribution < 1.29 is 13.8 Å². The molecule has 0 spiro atoms. The first kappa shape index (κ1) is 28.4. The number of para-hydroxylation sites is 5. The van der Waals surface area contributed by atoms with Gasteiger partial charge in [0, 0.05) is 61.2 Å². The Bertz CT molecular complexity index is 3370. The predicted octanol–water partition coefficient (Wildman–Crippen LogP) is 11.1. The van der Waals surface area contributed by atoms with E-state index >= 15 is 0 Å². The van der Waals surface area contributed by atoms with Crippen LogP contribution in [0.5, 0.6) is 17.2 Å². The van der Waals surface area contributed by atoms with Gasteiger partial charge < -0.3 is 22.9 Å². The smallest absolute Gasteiger partial charge is 0.434 e. The zero-order valence-corrected chi connectivity index (χ0v) is 28.8. The van der Waals surface area contributed by atoms with Crippen molar-refractivity contribution in [2.24, 2.45) is 0 Å². The number of nitrogens with zero attached hydrogens (tertiary/aromatic N) is 2. The number of furan rings is 1. The van der Waals surface area contributed by atoms with Gasteiger partial charge in [-0.15, -0.1) is 0 Å². The van der Waals surface area contributed by atoms with Crippen molar-refractivity contribution in [3.05, 3.63) is 164 Å². The van der Waals surface area contributed by atoms with Crippen molar-refractivity contribution in [2.45, 2.75) is 0 Å². The number of hydrogen-bond acceptors (Lipinski definition) is 3. The second kappa shape index (κ2) is 10.2. The van der Waals surface area contributed by atoms with Gasteiger partial charge in [0.2, 0.25) is 0 Å². The van der Waals surface area contributed by atoms with Crippen LogP contribution in [0.25, 0.3) is 88.1 Å². The highest BCUT2D eigenvalue weighted by atomic mass is 16.5. The van der Waals surface area contributed by atoms with Gasteiger partial charge in [0.15, 0.2) is 0 Å². The minimum Gasteiger partial charge on any atom is -0.551 e. The molecule has 54 heavy (non-hydrogen) atoms. The summed E-state index contributed by atoms with van der Waals surface area (Å²) in [6, 6.07) is 57.9. The van der Waals surface area contributed by atoms with E-state index in [0.717, 1.165) is 105 Å². The Labute approximate surface area is 308 Å². The highest BCUT2D eigenvalue weighted by Gasteiger charge is 2.41. The van der Waals surface area contributed by atoms with Crippen LogP contribution in [0.3, 0.4) is 0 Å². The summed E-state index contributed by atoms with van der Waals surface area (Å²) in [6.07, 6.45) is 0. The molecule has 0 unspecified atom stereocenters. The molecular formula is C48H27BN2O3. The molecule has 0 atom stereocenters. The lowest BCUT2D eigenvalue weighted by atomic mass is 9.51. The van der Waals surface area contributed by atoms with Gasteiger partial charge in [0.1, 0.15) is 28.4 Å². The number of ether oxygens (including phenoxy) is 1. The fraction of sp³-hybridized carbons (Fsp3) is 0. The van der Waals surface area contributed by atoms with E-state index in [0.29, 0.717) is 0 Å². The average Bonchev–Trinajstić information content (AvgIpc) is 3.88. The van der Waals surface area contributed by atoms with Gasteiger partial charge in [0.05, 0.1) is 33.1 Å². The van der Waals surface area contributed by atoms with Gasteiger partial charge in [0.25, 0.3) is 0 Å². The second-order valence-corrected chi connectivity index (χ2v) is 14.4. The Morgan fingerprint density at radius 2 is 1.07 bits per heavy atom. The fourth-order valence-electron chi connectivity index (χ4n) is 9.32. The van der Waals surface area contributed by atoms with Gasteiger partial charge in [-0.05, 0) is 60.2 Å². The van der Waals surface area contributed by atoms with Crippen LogP contribution in [0.15, 0.2) is 168 Å². The van der Waals surface area contributed by atoms with Crippen LogP contribution in [0.2, 0.25) is 0 Å². The van der Waals surface area contributed by atoms with Crippen LogP contribution >= 0.6 is 0 Å². The maximum Gasteiger partial charge on any atom is 0.434 e. The molecule has 3 aromatic heterocycles. The second-order valence-electron chi connectivity index (χ2n) is 14.4. The topological polar surface area (TPSA) is 41.5 Å². The van der Waals surface area contributed by atoms with E-state index in [1.165, 1.54) is 10.8 Å². The summed E-state index contributed by atoms with van der Waals surface area (Å²) in [6.45, 7) is -0.316. The summed E-state index contributed by atoms with van der Waals surface area (Å²) < 4.78 is 25.2. The minimum absolute atomic E-state index is 0.316. The lowest BCUT2D eigenvalue weighted by Crippen LogP contribution is -2.53. The predicted molar refractivity (Wildman–Crippen MR) is 220 cm³/mol. The Morgan fingerprint density at radius 1 is 0.426 bits per heavy atom. The van der Waals surface area contributed by atoms with Crippen molar-refractivity contribution in [3.8, 4) is 39.8 Å². The molecular weight excluding hydrogens is 663 g/mol. The summed E-state index contributed by atoms with van der Waals surface area (Å²) in [4.78, 5) is 0. The third-order valence-electron chi connectivity index (χ3n) is 11.6. The highest BCUT2D eigenvalue weighted by Crippen LogP contribution is 2.44. The van der Waals surface area contributed by atoms with Crippen LogP contribution in [0, 0.1) is 0 Å². The lowest BCUT2D eigenvalue weighted by Gasteiger charge is -2.33. The summed E-state index contributed by atoms with van der Waals surface area (Å²) in [5.74, 6) is 2.45. The molecule has 0 radical (unpaired) electrons. The molecule has 0 N–H and O–H groups in total. The number of fused-ring (bicyclic) bond motifs is 14. The van der Waals surface area contributed by atoms with Gasteiger partial charge in [-0.1, -0.05) is 97.1 Å². The molecule has 0 aliphatic carbocycles. The van der Waals surface area contributed by atoms with Gasteiger partial charge >= 0.3 is 6.92 Å². The molecule has 0 bridgehead atoms. The zero-order valence-electron chi connectivity index (χ0n) is 28.8. The summed E-state index contributed by atoms with van der Waals surface area (Å²) >= 11 is 0. The molecule has 0 amide bonds. The van der Waals surface area contributed by atoms with Crippen LogP contribution < -0.4 is 20.3 Å². The first-order valence-electron chi connectivity index (χ1n) is 18.4. The van der Waals surface area contributed by atoms with Crippen molar-refractivity contribution in [3.63, 3.8) is 0 Å². The molecule has 0 fully saturated rings. The normalized spacial score (nSPS) is 13.1. The molecule has 5 nitrogen and oxygen atoms in total. The van der Waals surface area contributed by atoms with Crippen LogP contribution in [0.1, 0.15) is 0 Å². The minimum atomic E-state index is -0.316. The average molecular weight is 691 g/mol. The molecule has 0 saturated heterocycles. The van der Waals surface area contributed by atoms with Crippen molar-refractivity contribution >= 4 is 83.4 Å². The summed E-state index contributed by atoms with van der Waals surface area (Å²) in [7, 11) is 0. The van der Waals surface area contributed by atoms with E-state index in [1.807, 2.05) is 18.2 Å². The Balaban J connectivity index is 1.06. The van der Waals surface area contributed by atoms with Crippen LogP contribution in [-0.4, -0.2) is 16.0 Å². The quantitative estimate of drug-likeness (QED) is 0.170. The van der Waals surface area contributed by atoms with Crippen molar-refractivity contribution in [1.29, 1.82) is 0 Å². The highest BCUT2D eigenvalue weighted by molar-refractivity contribution is 6.84. The Morgan fingerprint density at radius 3 is 1.89 bits per heavy atom. The number of rotatable bonds is 2. The standard InChI is InChI=1S/C48H27BN2O3/c1-6-16-38-30(11-1)31-12-2-7-17-39(31)50(38)28-21-23-37-44(26-28)52-45-27-29(25-36-33-14-5-10-20-43(33)54-49(37)47(36)45)51-40-18-8-3-15-35(40)46-41(51)24-22-34-32-13-4-9-19-42(32)53-48(34)46/h1-27H. The molecule has 0 saturated carbocycles. The molecule has 13 rings (SSSR count). The summed E-state index contributed by atoms with van der Waals surface area (Å²) in [5, 5.41) is 6.95. The molecule has 2 aliphatic heterocycles. The number of aromatic nitrogens is 2. The number of benzene rings is 8. The lowest BCUT2D eigenvalue weighted by molar-refractivity contribution is 0.479. The third kappa shape index (κ3) is 3.64. The third-order valence-corrected chi connectivity index (χ3v) is 11.6. The van der Waals surface area contributed by atoms with Gasteiger partial charge in [-0.25, -0.2) is 0 Å². The van der Waals surface area contributed by atoms with Crippen molar-refractivity contribution in [1.82, 2.24) is 9.13 Å². The monoisotopic (exact) mass is 690 g/mol. The molecule has 250 valence electrons. The van der Waals surface area contributed by atoms with E-state index in [1.54, 1.807) is 0 Å². The van der Waals surface area contributed by atoms with E-state index in [4.69, 9.17) is 13.8 Å². The number of hydrogen-bond donors (Lipinski definition) is 0. The first-order valence-corrected chi connectivity index (χ1v) is 18.4. The van der Waals surface area contributed by atoms with Gasteiger partial charge in [-0.3, -0.25) is 0 Å². The van der Waals surface area contributed by atoms with E-state index in [2.05, 4.69) is 155 Å².